The van der Waals surface area contributed by atoms with Crippen LogP contribution < -0.4 is 0 Å². The zero-order chi connectivity index (χ0) is 16.6. The van der Waals surface area contributed by atoms with E-state index < -0.39 is 40.9 Å². The highest BCUT2D eigenvalue weighted by Crippen LogP contribution is 2.53. The monoisotopic (exact) mass is 322 g/mol. The molecule has 1 aromatic rings. The Bertz CT molecular complexity index is 532. The quantitative estimate of drug-likeness (QED) is 0.610. The van der Waals surface area contributed by atoms with E-state index in [2.05, 4.69) is 4.74 Å². The maximum absolute atomic E-state index is 13.6. The van der Waals surface area contributed by atoms with Crippen molar-refractivity contribution in [3.8, 4) is 0 Å². The molecule has 0 aliphatic rings. The first kappa shape index (κ1) is 17.2. The SMILES string of the molecule is COC(=O)c1ccc(C(F)(C(F)(F)F)C(F)(F)F)cc1F. The molecule has 0 saturated carbocycles. The largest absolute Gasteiger partial charge is 0.465 e. The molecule has 118 valence electrons. The minimum atomic E-state index is -6.36. The molecule has 0 heterocycles. The number of methoxy groups -OCH3 is 1. The fourth-order valence-electron chi connectivity index (χ4n) is 1.49. The first-order chi connectivity index (χ1) is 9.36. The molecule has 0 amide bonds. The molecule has 1 rings (SSSR count). The van der Waals surface area contributed by atoms with Crippen LogP contribution in [0.15, 0.2) is 18.2 Å². The van der Waals surface area contributed by atoms with Crippen LogP contribution in [0.3, 0.4) is 0 Å². The van der Waals surface area contributed by atoms with Crippen molar-refractivity contribution in [3.63, 3.8) is 0 Å². The van der Waals surface area contributed by atoms with Crippen molar-refractivity contribution in [2.24, 2.45) is 0 Å². The third kappa shape index (κ3) is 2.79. The lowest BCUT2D eigenvalue weighted by atomic mass is 9.93. The summed E-state index contributed by atoms with van der Waals surface area (Å²) < 4.78 is 106. The van der Waals surface area contributed by atoms with Gasteiger partial charge in [0.2, 0.25) is 0 Å². The Labute approximate surface area is 112 Å². The number of hydrogen-bond acceptors (Lipinski definition) is 2. The summed E-state index contributed by atoms with van der Waals surface area (Å²) in [4.78, 5) is 11.0. The smallest absolute Gasteiger partial charge is 0.435 e. The lowest BCUT2D eigenvalue weighted by Crippen LogP contribution is -2.50. The molecule has 21 heavy (non-hydrogen) atoms. The van der Waals surface area contributed by atoms with E-state index in [0.29, 0.717) is 0 Å². The summed E-state index contributed by atoms with van der Waals surface area (Å²) >= 11 is 0. The zero-order valence-electron chi connectivity index (χ0n) is 10.1. The Kier molecular flexibility index (Phi) is 4.22. The van der Waals surface area contributed by atoms with Crippen LogP contribution in [0.2, 0.25) is 0 Å². The molecule has 0 aliphatic carbocycles. The number of carbonyl (C=O) groups excluding carboxylic acids is 1. The summed E-state index contributed by atoms with van der Waals surface area (Å²) in [7, 11) is 0.820. The van der Waals surface area contributed by atoms with Gasteiger partial charge in [0, 0.05) is 5.56 Å². The van der Waals surface area contributed by atoms with Crippen molar-refractivity contribution in [2.45, 2.75) is 18.0 Å². The lowest BCUT2D eigenvalue weighted by Gasteiger charge is -2.30. The van der Waals surface area contributed by atoms with Crippen LogP contribution in [0, 0.1) is 5.82 Å². The standard InChI is InChI=1S/C11H6F8O2/c1-21-8(20)6-3-2-5(4-7(6)12)9(13,10(14,15)16)11(17,18)19/h2-4H,1H3. The summed E-state index contributed by atoms with van der Waals surface area (Å²) in [6.07, 6.45) is -12.7. The van der Waals surface area contributed by atoms with Crippen molar-refractivity contribution in [3.05, 3.63) is 35.1 Å². The maximum atomic E-state index is 13.6. The van der Waals surface area contributed by atoms with Crippen LogP contribution in [-0.4, -0.2) is 25.4 Å². The minimum absolute atomic E-state index is 0.0241. The highest BCUT2D eigenvalue weighted by atomic mass is 19.4. The molecule has 2 nitrogen and oxygen atoms in total. The third-order valence-electron chi connectivity index (χ3n) is 2.55. The van der Waals surface area contributed by atoms with Gasteiger partial charge in [-0.15, -0.1) is 0 Å². The molecule has 0 radical (unpaired) electrons. The molecular weight excluding hydrogens is 316 g/mol. The first-order valence-electron chi connectivity index (χ1n) is 5.07. The van der Waals surface area contributed by atoms with Gasteiger partial charge in [0.15, 0.2) is 0 Å². The lowest BCUT2D eigenvalue weighted by molar-refractivity contribution is -0.348. The second-order valence-corrected chi connectivity index (χ2v) is 3.84. The molecule has 0 fully saturated rings. The highest BCUT2D eigenvalue weighted by Gasteiger charge is 2.73. The Morgan fingerprint density at radius 1 is 1.00 bits per heavy atom. The Morgan fingerprint density at radius 3 is 1.81 bits per heavy atom. The number of benzene rings is 1. The van der Waals surface area contributed by atoms with Crippen LogP contribution in [0.1, 0.15) is 15.9 Å². The van der Waals surface area contributed by atoms with Crippen LogP contribution in [0.4, 0.5) is 35.1 Å². The predicted octanol–water partition coefficient (Wildman–Crippen LogP) is 3.90. The molecule has 0 atom stereocenters. The van der Waals surface area contributed by atoms with E-state index in [1.165, 1.54) is 0 Å². The van der Waals surface area contributed by atoms with E-state index >= 15 is 0 Å². The van der Waals surface area contributed by atoms with Crippen molar-refractivity contribution in [1.29, 1.82) is 0 Å². The molecule has 0 spiro atoms. The van der Waals surface area contributed by atoms with E-state index in [-0.39, 0.29) is 18.2 Å². The third-order valence-corrected chi connectivity index (χ3v) is 2.55. The second-order valence-electron chi connectivity index (χ2n) is 3.84. The molecule has 0 aliphatic heterocycles. The van der Waals surface area contributed by atoms with Crippen molar-refractivity contribution >= 4 is 5.97 Å². The summed E-state index contributed by atoms with van der Waals surface area (Å²) in [5.41, 5.74) is -8.70. The van der Waals surface area contributed by atoms with Gasteiger partial charge in [-0.25, -0.2) is 13.6 Å². The average Bonchev–Trinajstić information content (AvgIpc) is 2.34. The van der Waals surface area contributed by atoms with Crippen LogP contribution in [-0.2, 0) is 10.4 Å². The van der Waals surface area contributed by atoms with Crippen LogP contribution in [0.5, 0.6) is 0 Å². The molecule has 0 N–H and O–H groups in total. The van der Waals surface area contributed by atoms with Gasteiger partial charge in [-0.3, -0.25) is 0 Å². The molecule has 10 heteroatoms. The second kappa shape index (κ2) is 5.15. The van der Waals surface area contributed by atoms with Gasteiger partial charge in [-0.1, -0.05) is 6.07 Å². The summed E-state index contributed by atoms with van der Waals surface area (Å²) in [5.74, 6) is -3.10. The molecule has 0 aromatic heterocycles. The molecule has 0 bridgehead atoms. The Balaban J connectivity index is 3.50. The summed E-state index contributed by atoms with van der Waals surface area (Å²) in [6.45, 7) is 0. The van der Waals surface area contributed by atoms with E-state index in [4.69, 9.17) is 0 Å². The molecule has 0 unspecified atom stereocenters. The van der Waals surface area contributed by atoms with Crippen LogP contribution in [0.25, 0.3) is 0 Å². The topological polar surface area (TPSA) is 26.3 Å². The Hall–Kier alpha value is -1.87. The van der Waals surface area contributed by atoms with E-state index in [1.807, 2.05) is 0 Å². The number of carbonyl (C=O) groups is 1. The maximum Gasteiger partial charge on any atom is 0.435 e. The van der Waals surface area contributed by atoms with Crippen molar-refractivity contribution < 1.29 is 44.7 Å². The number of hydrogen-bond donors (Lipinski definition) is 0. The number of halogens is 8. The molecule has 0 saturated heterocycles. The van der Waals surface area contributed by atoms with Gasteiger partial charge >= 0.3 is 24.0 Å². The van der Waals surface area contributed by atoms with Gasteiger partial charge in [0.25, 0.3) is 0 Å². The molecule has 1 aromatic carbocycles. The minimum Gasteiger partial charge on any atom is -0.465 e. The average molecular weight is 322 g/mol. The number of esters is 1. The molecular formula is C11H6F8O2. The summed E-state index contributed by atoms with van der Waals surface area (Å²) in [5, 5.41) is 0. The van der Waals surface area contributed by atoms with Gasteiger partial charge in [-0.2, -0.15) is 26.3 Å². The van der Waals surface area contributed by atoms with Gasteiger partial charge in [0.05, 0.1) is 12.7 Å². The number of alkyl halides is 7. The van der Waals surface area contributed by atoms with E-state index in [9.17, 15) is 39.9 Å². The van der Waals surface area contributed by atoms with E-state index in [0.717, 1.165) is 7.11 Å². The van der Waals surface area contributed by atoms with E-state index in [1.54, 1.807) is 0 Å². The zero-order valence-corrected chi connectivity index (χ0v) is 10.1. The summed E-state index contributed by atoms with van der Waals surface area (Å²) in [6, 6.07) is -0.0359. The normalized spacial score (nSPS) is 13.2. The van der Waals surface area contributed by atoms with Crippen LogP contribution >= 0.6 is 0 Å². The fourth-order valence-corrected chi connectivity index (χ4v) is 1.49. The number of rotatable bonds is 2. The Morgan fingerprint density at radius 2 is 1.48 bits per heavy atom. The first-order valence-corrected chi connectivity index (χ1v) is 5.07. The fraction of sp³-hybridized carbons (Fsp3) is 0.364. The van der Waals surface area contributed by atoms with Crippen molar-refractivity contribution in [1.82, 2.24) is 0 Å². The number of ether oxygens (including phenoxy) is 1. The van der Waals surface area contributed by atoms with Gasteiger partial charge < -0.3 is 4.74 Å². The van der Waals surface area contributed by atoms with Gasteiger partial charge in [0.1, 0.15) is 5.82 Å². The highest BCUT2D eigenvalue weighted by molar-refractivity contribution is 5.89. The predicted molar refractivity (Wildman–Crippen MR) is 52.6 cm³/mol. The van der Waals surface area contributed by atoms with Gasteiger partial charge in [-0.05, 0) is 12.1 Å². The van der Waals surface area contributed by atoms with Crippen molar-refractivity contribution in [2.75, 3.05) is 7.11 Å².